The minimum atomic E-state index is -1.39. The molecule has 0 saturated heterocycles. The average Bonchev–Trinajstić information content (AvgIpc) is 2.39. The van der Waals surface area contributed by atoms with E-state index in [-0.39, 0.29) is 13.0 Å². The largest absolute Gasteiger partial charge is 0.370 e. The number of nitrogens with zero attached hydrogens (tertiary/aromatic N) is 1. The van der Waals surface area contributed by atoms with Crippen molar-refractivity contribution in [3.63, 3.8) is 0 Å². The number of halogens is 2. The zero-order chi connectivity index (χ0) is 16.0. The van der Waals surface area contributed by atoms with Crippen molar-refractivity contribution in [2.24, 2.45) is 5.73 Å². The molecule has 1 aromatic carbocycles. The Morgan fingerprint density at radius 2 is 1.95 bits per heavy atom. The molecule has 0 heterocycles. The molecule has 3 N–H and O–H groups in total. The number of nitro groups is 1. The van der Waals surface area contributed by atoms with Crippen molar-refractivity contribution < 1.29 is 23.3 Å². The normalized spacial score (nSPS) is 10.2. The van der Waals surface area contributed by atoms with E-state index in [9.17, 15) is 28.5 Å². The van der Waals surface area contributed by atoms with Crippen molar-refractivity contribution in [1.29, 1.82) is 0 Å². The fraction of sp³-hybridized carbons (Fsp3) is 0.333. The number of nitrogens with one attached hydrogen (secondary N) is 1. The Balaban J connectivity index is 2.70. The van der Waals surface area contributed by atoms with E-state index in [4.69, 9.17) is 5.73 Å². The highest BCUT2D eigenvalue weighted by molar-refractivity contribution is 5.95. The number of hydrogen-bond acceptors (Lipinski definition) is 4. The third-order valence-corrected chi connectivity index (χ3v) is 2.60. The first-order valence-electron chi connectivity index (χ1n) is 6.03. The molecule has 0 unspecified atom stereocenters. The van der Waals surface area contributed by atoms with Gasteiger partial charge in [-0.1, -0.05) is 0 Å². The van der Waals surface area contributed by atoms with Gasteiger partial charge in [0.25, 0.3) is 5.91 Å². The lowest BCUT2D eigenvalue weighted by atomic mass is 10.1. The Bertz CT molecular complexity index is 578. The van der Waals surface area contributed by atoms with Crippen LogP contribution in [0.5, 0.6) is 0 Å². The van der Waals surface area contributed by atoms with Crippen LogP contribution in [0.25, 0.3) is 0 Å². The third kappa shape index (κ3) is 4.79. The van der Waals surface area contributed by atoms with E-state index in [1.165, 1.54) is 0 Å². The standard InChI is InChI=1S/C12H13F2N3O4/c13-7-5-8(11(14)9(6-7)17(20)21)12(19)16-4-2-1-3-10(15)18/h5-6H,1-4H2,(H2,15,18)(H,16,19). The lowest BCUT2D eigenvalue weighted by molar-refractivity contribution is -0.387. The monoisotopic (exact) mass is 301 g/mol. The van der Waals surface area contributed by atoms with Gasteiger partial charge >= 0.3 is 5.69 Å². The van der Waals surface area contributed by atoms with Gasteiger partial charge in [-0.05, 0) is 18.9 Å². The topological polar surface area (TPSA) is 115 Å². The molecule has 0 bridgehead atoms. The molecule has 114 valence electrons. The Hall–Kier alpha value is -2.58. The number of carbonyl (C=O) groups is 2. The van der Waals surface area contributed by atoms with Gasteiger partial charge in [-0.25, -0.2) is 4.39 Å². The summed E-state index contributed by atoms with van der Waals surface area (Å²) >= 11 is 0. The number of benzene rings is 1. The zero-order valence-electron chi connectivity index (χ0n) is 10.9. The van der Waals surface area contributed by atoms with E-state index < -0.39 is 39.6 Å². The number of nitro benzene ring substituents is 1. The quantitative estimate of drug-likeness (QED) is 0.448. The first-order chi connectivity index (χ1) is 9.82. The molecule has 0 fully saturated rings. The van der Waals surface area contributed by atoms with Crippen molar-refractivity contribution in [1.82, 2.24) is 5.32 Å². The molecule has 0 aliphatic carbocycles. The molecule has 1 rings (SSSR count). The fourth-order valence-corrected chi connectivity index (χ4v) is 1.59. The molecule has 0 saturated carbocycles. The second kappa shape index (κ2) is 7.27. The predicted octanol–water partition coefficient (Wildman–Crippen LogP) is 1.26. The molecule has 0 spiro atoms. The van der Waals surface area contributed by atoms with E-state index >= 15 is 0 Å². The van der Waals surface area contributed by atoms with Gasteiger partial charge in [0, 0.05) is 13.0 Å². The summed E-state index contributed by atoms with van der Waals surface area (Å²) in [6.45, 7) is 0.107. The Morgan fingerprint density at radius 3 is 2.52 bits per heavy atom. The van der Waals surface area contributed by atoms with Crippen LogP contribution in [-0.2, 0) is 4.79 Å². The highest BCUT2D eigenvalue weighted by Crippen LogP contribution is 2.22. The average molecular weight is 301 g/mol. The predicted molar refractivity (Wildman–Crippen MR) is 68.4 cm³/mol. The van der Waals surface area contributed by atoms with Gasteiger partial charge in [0.2, 0.25) is 11.7 Å². The van der Waals surface area contributed by atoms with Gasteiger partial charge in [-0.15, -0.1) is 0 Å². The summed E-state index contributed by atoms with van der Waals surface area (Å²) in [7, 11) is 0. The van der Waals surface area contributed by atoms with Gasteiger partial charge in [0.1, 0.15) is 5.82 Å². The Labute approximate surface area is 118 Å². The maximum absolute atomic E-state index is 13.7. The van der Waals surface area contributed by atoms with Gasteiger partial charge in [-0.3, -0.25) is 19.7 Å². The number of primary amides is 1. The number of hydrogen-bond donors (Lipinski definition) is 2. The summed E-state index contributed by atoms with van der Waals surface area (Å²) in [5.74, 6) is -3.92. The zero-order valence-corrected chi connectivity index (χ0v) is 10.9. The summed E-state index contributed by atoms with van der Waals surface area (Å²) < 4.78 is 26.9. The second-order valence-electron chi connectivity index (χ2n) is 4.22. The van der Waals surface area contributed by atoms with Crippen LogP contribution >= 0.6 is 0 Å². The van der Waals surface area contributed by atoms with Crippen LogP contribution in [0.15, 0.2) is 12.1 Å². The van der Waals surface area contributed by atoms with Crippen LogP contribution in [-0.4, -0.2) is 23.3 Å². The maximum Gasteiger partial charge on any atom is 0.308 e. The molecule has 0 atom stereocenters. The van der Waals surface area contributed by atoms with E-state index in [1.807, 2.05) is 0 Å². The SMILES string of the molecule is NC(=O)CCCCNC(=O)c1cc(F)cc([N+](=O)[O-])c1F. The van der Waals surface area contributed by atoms with Crippen LogP contribution in [0, 0.1) is 21.7 Å². The number of carbonyl (C=O) groups excluding carboxylic acids is 2. The van der Waals surface area contributed by atoms with Gasteiger partial charge in [0.15, 0.2) is 0 Å². The Morgan fingerprint density at radius 1 is 1.29 bits per heavy atom. The van der Waals surface area contributed by atoms with Gasteiger partial charge < -0.3 is 11.1 Å². The summed E-state index contributed by atoms with van der Waals surface area (Å²) in [5, 5.41) is 12.8. The molecule has 0 aliphatic heterocycles. The lowest BCUT2D eigenvalue weighted by Crippen LogP contribution is -2.26. The maximum atomic E-state index is 13.7. The highest BCUT2D eigenvalue weighted by Gasteiger charge is 2.23. The van der Waals surface area contributed by atoms with Crippen LogP contribution in [0.3, 0.4) is 0 Å². The third-order valence-electron chi connectivity index (χ3n) is 2.60. The molecule has 0 aliphatic rings. The van der Waals surface area contributed by atoms with E-state index in [2.05, 4.69) is 5.32 Å². The van der Waals surface area contributed by atoms with Gasteiger partial charge in [-0.2, -0.15) is 4.39 Å². The van der Waals surface area contributed by atoms with E-state index in [1.54, 1.807) is 0 Å². The summed E-state index contributed by atoms with van der Waals surface area (Å²) in [4.78, 5) is 31.6. The van der Waals surface area contributed by atoms with Gasteiger partial charge in [0.05, 0.1) is 16.6 Å². The van der Waals surface area contributed by atoms with Crippen molar-refractivity contribution in [2.45, 2.75) is 19.3 Å². The molecule has 2 amide bonds. The van der Waals surface area contributed by atoms with E-state index in [0.717, 1.165) is 0 Å². The van der Waals surface area contributed by atoms with Crippen LogP contribution in [0.2, 0.25) is 0 Å². The Kier molecular flexibility index (Phi) is 5.70. The molecule has 9 heteroatoms. The highest BCUT2D eigenvalue weighted by atomic mass is 19.1. The lowest BCUT2D eigenvalue weighted by Gasteiger charge is -2.06. The summed E-state index contributed by atoms with van der Waals surface area (Å²) in [5.41, 5.74) is 3.08. The molecular formula is C12H13F2N3O4. The number of nitrogens with two attached hydrogens (primary N) is 1. The summed E-state index contributed by atoms with van der Waals surface area (Å²) in [6, 6.07) is 0.986. The minimum absolute atomic E-state index is 0.107. The van der Waals surface area contributed by atoms with Crippen molar-refractivity contribution in [3.8, 4) is 0 Å². The second-order valence-corrected chi connectivity index (χ2v) is 4.22. The molecule has 1 aromatic rings. The fourth-order valence-electron chi connectivity index (χ4n) is 1.59. The van der Waals surface area contributed by atoms with Crippen LogP contribution in [0.4, 0.5) is 14.5 Å². The van der Waals surface area contributed by atoms with Crippen molar-refractivity contribution in [3.05, 3.63) is 39.4 Å². The van der Waals surface area contributed by atoms with Crippen molar-refractivity contribution in [2.75, 3.05) is 6.54 Å². The molecule has 0 aromatic heterocycles. The first-order valence-corrected chi connectivity index (χ1v) is 6.03. The molecule has 7 nitrogen and oxygen atoms in total. The number of rotatable bonds is 7. The van der Waals surface area contributed by atoms with Crippen LogP contribution < -0.4 is 11.1 Å². The van der Waals surface area contributed by atoms with E-state index in [0.29, 0.717) is 25.0 Å². The van der Waals surface area contributed by atoms with Crippen LogP contribution in [0.1, 0.15) is 29.6 Å². The molecular weight excluding hydrogens is 288 g/mol. The smallest absolute Gasteiger partial charge is 0.308 e. The molecule has 21 heavy (non-hydrogen) atoms. The summed E-state index contributed by atoms with van der Waals surface area (Å²) in [6.07, 6.45) is 0.991. The minimum Gasteiger partial charge on any atom is -0.370 e. The van der Waals surface area contributed by atoms with Crippen molar-refractivity contribution >= 4 is 17.5 Å². The first kappa shape index (κ1) is 16.5. The number of unbranched alkanes of at least 4 members (excludes halogenated alkanes) is 1. The molecule has 0 radical (unpaired) electrons. The number of amides is 2.